The molecule has 0 unspecified atom stereocenters. The first-order valence-electron chi connectivity index (χ1n) is 2.22. The topological polar surface area (TPSA) is 70.1 Å². The number of epoxide rings is 1. The molecule has 0 spiro atoms. The SMILES string of the molecule is C[C@H]1O[C@@H]1P(=O)(O)O. The van der Waals surface area contributed by atoms with Gasteiger partial charge in [0.1, 0.15) is 0 Å². The van der Waals surface area contributed by atoms with Crippen molar-refractivity contribution in [2.75, 3.05) is 0 Å². The van der Waals surface area contributed by atoms with Crippen molar-refractivity contribution in [2.24, 2.45) is 0 Å². The second-order valence-electron chi connectivity index (χ2n) is 1.82. The van der Waals surface area contributed by atoms with Crippen LogP contribution in [0.15, 0.2) is 0 Å². The lowest BCUT2D eigenvalue weighted by Gasteiger charge is -1.93. The van der Waals surface area contributed by atoms with Gasteiger partial charge in [-0.1, -0.05) is 0 Å². The normalized spacial score (nSPS) is 37.4. The highest BCUT2D eigenvalue weighted by Crippen LogP contribution is 2.52. The summed E-state index contributed by atoms with van der Waals surface area (Å²) in [5, 5.41) is 0. The van der Waals surface area contributed by atoms with Gasteiger partial charge in [0.15, 0.2) is 5.85 Å². The van der Waals surface area contributed by atoms with E-state index in [0.29, 0.717) is 0 Å². The first-order valence-corrected chi connectivity index (χ1v) is 3.90. The minimum atomic E-state index is -3.90. The Morgan fingerprint density at radius 2 is 2.00 bits per heavy atom. The molecule has 0 saturated carbocycles. The maximum Gasteiger partial charge on any atom is 0.356 e. The minimum absolute atomic E-state index is 0.254. The van der Waals surface area contributed by atoms with E-state index < -0.39 is 13.4 Å². The molecule has 1 aliphatic heterocycles. The zero-order chi connectivity index (χ0) is 6.36. The van der Waals surface area contributed by atoms with E-state index in [2.05, 4.69) is 4.74 Å². The standard InChI is InChI=1S/C3H7O4P/c1-2-3(7-2)8(4,5)6/h2-3H,1H3,(H2,4,5,6)/t2-,3-/m1/s1. The van der Waals surface area contributed by atoms with Crippen LogP contribution in [-0.4, -0.2) is 21.7 Å². The van der Waals surface area contributed by atoms with Gasteiger partial charge in [-0.2, -0.15) is 0 Å². The third-order valence-electron chi connectivity index (χ3n) is 1.01. The number of hydrogen-bond acceptors (Lipinski definition) is 2. The molecule has 1 heterocycles. The van der Waals surface area contributed by atoms with E-state index in [1.807, 2.05) is 0 Å². The molecular formula is C3H7O4P. The predicted octanol–water partition coefficient (Wildman–Crippen LogP) is -0.0911. The molecule has 0 aliphatic carbocycles. The van der Waals surface area contributed by atoms with Crippen LogP contribution in [-0.2, 0) is 9.30 Å². The summed E-state index contributed by atoms with van der Waals surface area (Å²) < 4.78 is 14.7. The fourth-order valence-corrected chi connectivity index (χ4v) is 1.42. The third kappa shape index (κ3) is 1.09. The van der Waals surface area contributed by atoms with Crippen molar-refractivity contribution < 1.29 is 19.1 Å². The van der Waals surface area contributed by atoms with Gasteiger partial charge in [-0.15, -0.1) is 0 Å². The van der Waals surface area contributed by atoms with Crippen LogP contribution in [0.25, 0.3) is 0 Å². The Labute approximate surface area is 46.6 Å². The Morgan fingerprint density at radius 3 is 2.00 bits per heavy atom. The molecule has 0 radical (unpaired) electrons. The van der Waals surface area contributed by atoms with E-state index in [1.54, 1.807) is 6.92 Å². The molecule has 0 aromatic heterocycles. The van der Waals surface area contributed by atoms with Crippen LogP contribution < -0.4 is 0 Å². The van der Waals surface area contributed by atoms with Crippen LogP contribution in [0, 0.1) is 0 Å². The van der Waals surface area contributed by atoms with E-state index in [4.69, 9.17) is 9.79 Å². The number of ether oxygens (including phenoxy) is 1. The highest BCUT2D eigenvalue weighted by atomic mass is 31.2. The van der Waals surface area contributed by atoms with Crippen molar-refractivity contribution in [3.05, 3.63) is 0 Å². The quantitative estimate of drug-likeness (QED) is 0.392. The highest BCUT2D eigenvalue weighted by Gasteiger charge is 2.48. The summed E-state index contributed by atoms with van der Waals surface area (Å²) in [4.78, 5) is 16.6. The zero-order valence-electron chi connectivity index (χ0n) is 4.31. The van der Waals surface area contributed by atoms with E-state index in [-0.39, 0.29) is 6.10 Å². The molecule has 48 valence electrons. The van der Waals surface area contributed by atoms with Crippen LogP contribution in [0.5, 0.6) is 0 Å². The van der Waals surface area contributed by atoms with Crippen LogP contribution in [0.2, 0.25) is 0 Å². The second-order valence-corrected chi connectivity index (χ2v) is 3.51. The summed E-state index contributed by atoms with van der Waals surface area (Å²) >= 11 is 0. The van der Waals surface area contributed by atoms with Gasteiger partial charge in [0.05, 0.1) is 6.10 Å². The molecule has 2 atom stereocenters. The van der Waals surface area contributed by atoms with Gasteiger partial charge in [0.2, 0.25) is 0 Å². The van der Waals surface area contributed by atoms with E-state index >= 15 is 0 Å². The Kier molecular flexibility index (Phi) is 1.20. The molecule has 0 amide bonds. The molecule has 8 heavy (non-hydrogen) atoms. The summed E-state index contributed by atoms with van der Waals surface area (Å²) in [5.41, 5.74) is 0. The molecule has 1 aliphatic rings. The van der Waals surface area contributed by atoms with E-state index in [0.717, 1.165) is 0 Å². The third-order valence-corrected chi connectivity index (χ3v) is 2.22. The monoisotopic (exact) mass is 138 g/mol. The lowest BCUT2D eigenvalue weighted by molar-refractivity contribution is 0.333. The van der Waals surface area contributed by atoms with Crippen molar-refractivity contribution in [1.29, 1.82) is 0 Å². The van der Waals surface area contributed by atoms with Gasteiger partial charge in [0.25, 0.3) is 0 Å². The first kappa shape index (κ1) is 6.23. The van der Waals surface area contributed by atoms with E-state index in [9.17, 15) is 4.57 Å². The van der Waals surface area contributed by atoms with Gasteiger partial charge >= 0.3 is 7.60 Å². The maximum absolute atomic E-state index is 10.2. The minimum Gasteiger partial charge on any atom is -0.356 e. The molecule has 1 saturated heterocycles. The Bertz CT molecular complexity index is 138. The number of rotatable bonds is 1. The summed E-state index contributed by atoms with van der Waals surface area (Å²) in [6.07, 6.45) is -0.254. The fraction of sp³-hybridized carbons (Fsp3) is 1.00. The average molecular weight is 138 g/mol. The first-order chi connectivity index (χ1) is 3.52. The predicted molar refractivity (Wildman–Crippen MR) is 26.4 cm³/mol. The van der Waals surface area contributed by atoms with Crippen molar-refractivity contribution in [1.82, 2.24) is 0 Å². The Balaban J connectivity index is 2.52. The van der Waals surface area contributed by atoms with Crippen LogP contribution in [0.1, 0.15) is 6.92 Å². The molecule has 0 aromatic rings. The molecule has 0 bridgehead atoms. The smallest absolute Gasteiger partial charge is 0.356 e. The van der Waals surface area contributed by atoms with Crippen LogP contribution >= 0.6 is 7.60 Å². The van der Waals surface area contributed by atoms with Crippen molar-refractivity contribution in [3.8, 4) is 0 Å². The lowest BCUT2D eigenvalue weighted by atomic mass is 10.6. The summed E-state index contributed by atoms with van der Waals surface area (Å²) in [6.45, 7) is 1.63. The molecule has 1 fully saturated rings. The van der Waals surface area contributed by atoms with Gasteiger partial charge in [-0.05, 0) is 6.92 Å². The maximum atomic E-state index is 10.2. The van der Waals surface area contributed by atoms with Crippen molar-refractivity contribution >= 4 is 7.60 Å². The summed E-state index contributed by atoms with van der Waals surface area (Å²) in [5.74, 6) is -0.817. The highest BCUT2D eigenvalue weighted by molar-refractivity contribution is 7.52. The summed E-state index contributed by atoms with van der Waals surface area (Å²) in [6, 6.07) is 0. The fourth-order valence-electron chi connectivity index (χ4n) is 0.527. The summed E-state index contributed by atoms with van der Waals surface area (Å²) in [7, 11) is -3.90. The molecule has 1 rings (SSSR count). The van der Waals surface area contributed by atoms with Gasteiger partial charge < -0.3 is 14.5 Å². The van der Waals surface area contributed by atoms with Crippen molar-refractivity contribution in [2.45, 2.75) is 18.9 Å². The molecule has 4 nitrogen and oxygen atoms in total. The van der Waals surface area contributed by atoms with Crippen molar-refractivity contribution in [3.63, 3.8) is 0 Å². The van der Waals surface area contributed by atoms with Gasteiger partial charge in [-0.3, -0.25) is 4.57 Å². The molecule has 0 aromatic carbocycles. The zero-order valence-corrected chi connectivity index (χ0v) is 5.21. The average Bonchev–Trinajstić information content (AvgIpc) is 2.13. The van der Waals surface area contributed by atoms with Gasteiger partial charge in [0, 0.05) is 0 Å². The molecule has 5 heteroatoms. The van der Waals surface area contributed by atoms with Gasteiger partial charge in [-0.25, -0.2) is 0 Å². The Morgan fingerprint density at radius 1 is 1.62 bits per heavy atom. The van der Waals surface area contributed by atoms with Crippen LogP contribution in [0.3, 0.4) is 0 Å². The Hall–Kier alpha value is 0.110. The van der Waals surface area contributed by atoms with E-state index in [1.165, 1.54) is 0 Å². The molecular weight excluding hydrogens is 131 g/mol. The number of hydrogen-bond donors (Lipinski definition) is 2. The molecule has 2 N–H and O–H groups in total. The lowest BCUT2D eigenvalue weighted by Crippen LogP contribution is -1.89. The second kappa shape index (κ2) is 1.54. The largest absolute Gasteiger partial charge is 0.356 e. The van der Waals surface area contributed by atoms with Crippen LogP contribution in [0.4, 0.5) is 0 Å².